The number of fused-ring (bicyclic) bond motifs is 3. The highest BCUT2D eigenvalue weighted by atomic mass is 16.3. The molecule has 1 N–H and O–H groups in total. The average molecular weight is 330 g/mol. The molecule has 0 amide bonds. The SMILES string of the molecule is c1ccc(N2CCC(Nc3ncnc4c3oc3ccccc34)C2)cc1. The Labute approximate surface area is 145 Å². The maximum Gasteiger partial charge on any atom is 0.196 e. The summed E-state index contributed by atoms with van der Waals surface area (Å²) in [7, 11) is 0. The number of anilines is 2. The third-order valence-corrected chi connectivity index (χ3v) is 4.81. The van der Waals surface area contributed by atoms with Crippen molar-refractivity contribution in [3.8, 4) is 0 Å². The van der Waals surface area contributed by atoms with E-state index in [9.17, 15) is 0 Å². The Hall–Kier alpha value is -3.08. The molecule has 2 aromatic carbocycles. The lowest BCUT2D eigenvalue weighted by atomic mass is 10.2. The Morgan fingerprint density at radius 3 is 2.76 bits per heavy atom. The fraction of sp³-hybridized carbons (Fsp3) is 0.200. The lowest BCUT2D eigenvalue weighted by Crippen LogP contribution is -2.26. The van der Waals surface area contributed by atoms with E-state index in [1.54, 1.807) is 6.33 Å². The second-order valence-corrected chi connectivity index (χ2v) is 6.41. The number of rotatable bonds is 3. The molecule has 5 rings (SSSR count). The molecule has 124 valence electrons. The minimum absolute atomic E-state index is 0.339. The van der Waals surface area contributed by atoms with E-state index in [1.807, 2.05) is 24.3 Å². The van der Waals surface area contributed by atoms with Gasteiger partial charge in [-0.1, -0.05) is 30.3 Å². The molecule has 1 saturated heterocycles. The van der Waals surface area contributed by atoms with Gasteiger partial charge in [-0.05, 0) is 30.7 Å². The van der Waals surface area contributed by atoms with Crippen LogP contribution in [0.3, 0.4) is 0 Å². The summed E-state index contributed by atoms with van der Waals surface area (Å²) in [6, 6.07) is 18.8. The van der Waals surface area contributed by atoms with Crippen LogP contribution in [-0.2, 0) is 0 Å². The molecule has 0 bridgehead atoms. The van der Waals surface area contributed by atoms with Crippen LogP contribution in [0.2, 0.25) is 0 Å². The van der Waals surface area contributed by atoms with Crippen molar-refractivity contribution in [3.63, 3.8) is 0 Å². The van der Waals surface area contributed by atoms with E-state index >= 15 is 0 Å². The standard InChI is InChI=1S/C20H18N4O/c1-2-6-15(7-3-1)24-11-10-14(12-24)23-20-19-18(21-13-22-20)16-8-4-5-9-17(16)25-19/h1-9,13-14H,10-12H2,(H,21,22,23). The van der Waals surface area contributed by atoms with Crippen LogP contribution in [-0.4, -0.2) is 29.1 Å². The highest BCUT2D eigenvalue weighted by Gasteiger charge is 2.24. The second-order valence-electron chi connectivity index (χ2n) is 6.41. The number of nitrogens with one attached hydrogen (secondary N) is 1. The van der Waals surface area contributed by atoms with Gasteiger partial charge in [-0.2, -0.15) is 0 Å². The molecule has 1 atom stereocenters. The minimum atomic E-state index is 0.339. The maximum atomic E-state index is 6.00. The van der Waals surface area contributed by atoms with E-state index in [0.717, 1.165) is 47.4 Å². The molecule has 25 heavy (non-hydrogen) atoms. The van der Waals surface area contributed by atoms with Gasteiger partial charge in [0.2, 0.25) is 0 Å². The summed E-state index contributed by atoms with van der Waals surface area (Å²) >= 11 is 0. The van der Waals surface area contributed by atoms with Gasteiger partial charge in [0.15, 0.2) is 11.4 Å². The van der Waals surface area contributed by atoms with Gasteiger partial charge >= 0.3 is 0 Å². The zero-order valence-electron chi connectivity index (χ0n) is 13.7. The highest BCUT2D eigenvalue weighted by Crippen LogP contribution is 2.31. The molecular weight excluding hydrogens is 312 g/mol. The van der Waals surface area contributed by atoms with Gasteiger partial charge in [0, 0.05) is 30.2 Å². The molecule has 1 aliphatic rings. The summed E-state index contributed by atoms with van der Waals surface area (Å²) in [5.41, 5.74) is 3.72. The fourth-order valence-electron chi connectivity index (χ4n) is 3.57. The number of hydrogen-bond donors (Lipinski definition) is 1. The summed E-state index contributed by atoms with van der Waals surface area (Å²) < 4.78 is 6.00. The van der Waals surface area contributed by atoms with Crippen molar-refractivity contribution < 1.29 is 4.42 Å². The molecule has 3 heterocycles. The number of aromatic nitrogens is 2. The Bertz CT molecular complexity index is 1030. The van der Waals surface area contributed by atoms with E-state index in [4.69, 9.17) is 4.42 Å². The van der Waals surface area contributed by atoms with E-state index in [-0.39, 0.29) is 0 Å². The Morgan fingerprint density at radius 1 is 1.00 bits per heavy atom. The summed E-state index contributed by atoms with van der Waals surface area (Å²) in [5, 5.41) is 4.59. The summed E-state index contributed by atoms with van der Waals surface area (Å²) in [5.74, 6) is 0.779. The van der Waals surface area contributed by atoms with Gasteiger partial charge in [0.25, 0.3) is 0 Å². The topological polar surface area (TPSA) is 54.2 Å². The van der Waals surface area contributed by atoms with Crippen LogP contribution in [0, 0.1) is 0 Å². The normalized spacial score (nSPS) is 17.4. The molecule has 5 nitrogen and oxygen atoms in total. The molecular formula is C20H18N4O. The minimum Gasteiger partial charge on any atom is -0.450 e. The van der Waals surface area contributed by atoms with E-state index in [0.29, 0.717) is 6.04 Å². The van der Waals surface area contributed by atoms with Gasteiger partial charge in [0.1, 0.15) is 17.4 Å². The number of nitrogens with zero attached hydrogens (tertiary/aromatic N) is 3. The van der Waals surface area contributed by atoms with E-state index < -0.39 is 0 Å². The fourth-order valence-corrected chi connectivity index (χ4v) is 3.57. The smallest absolute Gasteiger partial charge is 0.196 e. The lowest BCUT2D eigenvalue weighted by molar-refractivity contribution is 0.664. The third-order valence-electron chi connectivity index (χ3n) is 4.81. The van der Waals surface area contributed by atoms with E-state index in [2.05, 4.69) is 50.5 Å². The average Bonchev–Trinajstić information content (AvgIpc) is 3.28. The molecule has 2 aromatic heterocycles. The maximum absolute atomic E-state index is 6.00. The van der Waals surface area contributed by atoms with Crippen molar-refractivity contribution in [1.29, 1.82) is 0 Å². The predicted octanol–water partition coefficient (Wildman–Crippen LogP) is 4.07. The van der Waals surface area contributed by atoms with Gasteiger partial charge in [-0.3, -0.25) is 0 Å². The molecule has 0 spiro atoms. The largest absolute Gasteiger partial charge is 0.450 e. The van der Waals surface area contributed by atoms with Crippen molar-refractivity contribution in [2.45, 2.75) is 12.5 Å². The van der Waals surface area contributed by atoms with Gasteiger partial charge < -0.3 is 14.6 Å². The molecule has 0 aliphatic carbocycles. The van der Waals surface area contributed by atoms with Crippen LogP contribution >= 0.6 is 0 Å². The molecule has 1 fully saturated rings. The van der Waals surface area contributed by atoms with Crippen molar-refractivity contribution in [1.82, 2.24) is 9.97 Å². The van der Waals surface area contributed by atoms with Crippen LogP contribution < -0.4 is 10.2 Å². The zero-order chi connectivity index (χ0) is 16.6. The molecule has 5 heteroatoms. The quantitative estimate of drug-likeness (QED) is 0.614. The van der Waals surface area contributed by atoms with Gasteiger partial charge in [0.05, 0.1) is 0 Å². The highest BCUT2D eigenvalue weighted by molar-refractivity contribution is 6.05. The monoisotopic (exact) mass is 330 g/mol. The predicted molar refractivity (Wildman–Crippen MR) is 100.0 cm³/mol. The number of furan rings is 1. The Kier molecular flexibility index (Phi) is 3.30. The zero-order valence-corrected chi connectivity index (χ0v) is 13.7. The molecule has 1 aliphatic heterocycles. The Morgan fingerprint density at radius 2 is 1.84 bits per heavy atom. The van der Waals surface area contributed by atoms with Crippen molar-refractivity contribution in [2.24, 2.45) is 0 Å². The van der Waals surface area contributed by atoms with Gasteiger partial charge in [-0.25, -0.2) is 9.97 Å². The number of benzene rings is 2. The second kappa shape index (κ2) is 5.77. The number of para-hydroxylation sites is 2. The van der Waals surface area contributed by atoms with Crippen LogP contribution in [0.1, 0.15) is 6.42 Å². The first kappa shape index (κ1) is 14.3. The first-order valence-corrected chi connectivity index (χ1v) is 8.57. The molecule has 1 unspecified atom stereocenters. The summed E-state index contributed by atoms with van der Waals surface area (Å²) in [6.45, 7) is 1.99. The number of hydrogen-bond acceptors (Lipinski definition) is 5. The van der Waals surface area contributed by atoms with Crippen LogP contribution in [0.5, 0.6) is 0 Å². The van der Waals surface area contributed by atoms with Crippen molar-refractivity contribution in [2.75, 3.05) is 23.3 Å². The lowest BCUT2D eigenvalue weighted by Gasteiger charge is -2.19. The molecule has 4 aromatic rings. The summed E-state index contributed by atoms with van der Waals surface area (Å²) in [4.78, 5) is 11.2. The van der Waals surface area contributed by atoms with Crippen LogP contribution in [0.4, 0.5) is 11.5 Å². The van der Waals surface area contributed by atoms with Crippen LogP contribution in [0.25, 0.3) is 22.1 Å². The first-order chi connectivity index (χ1) is 12.4. The van der Waals surface area contributed by atoms with Crippen molar-refractivity contribution >= 4 is 33.6 Å². The van der Waals surface area contributed by atoms with E-state index in [1.165, 1.54) is 5.69 Å². The first-order valence-electron chi connectivity index (χ1n) is 8.57. The molecule has 0 radical (unpaired) electrons. The van der Waals surface area contributed by atoms with Crippen molar-refractivity contribution in [3.05, 3.63) is 60.9 Å². The molecule has 0 saturated carbocycles. The summed E-state index contributed by atoms with van der Waals surface area (Å²) in [6.07, 6.45) is 2.68. The Balaban J connectivity index is 1.43. The van der Waals surface area contributed by atoms with Crippen LogP contribution in [0.15, 0.2) is 65.3 Å². The third kappa shape index (κ3) is 2.48. The van der Waals surface area contributed by atoms with Gasteiger partial charge in [-0.15, -0.1) is 0 Å².